The third kappa shape index (κ3) is 3.14. The number of hydrogen-bond donors (Lipinski definition) is 1. The van der Waals surface area contributed by atoms with E-state index in [0.717, 1.165) is 11.5 Å². The molecule has 0 spiro atoms. The lowest BCUT2D eigenvalue weighted by Gasteiger charge is -2.37. The minimum Gasteiger partial charge on any atom is -0.494 e. The number of nitrogens with one attached hydrogen (secondary N) is 1. The van der Waals surface area contributed by atoms with Gasteiger partial charge in [-0.2, -0.15) is 0 Å². The molecule has 1 fully saturated rings. The summed E-state index contributed by atoms with van der Waals surface area (Å²) in [5, 5.41) is 3.41. The predicted molar refractivity (Wildman–Crippen MR) is 80.5 cm³/mol. The second-order valence-electron chi connectivity index (χ2n) is 5.78. The Bertz CT molecular complexity index is 435. The van der Waals surface area contributed by atoms with Gasteiger partial charge in [-0.1, -0.05) is 38.7 Å². The van der Waals surface area contributed by atoms with E-state index < -0.39 is 0 Å². The average molecular weight is 279 g/mol. The summed E-state index contributed by atoms with van der Waals surface area (Å²) >= 11 is 0. The molecule has 1 aliphatic carbocycles. The van der Waals surface area contributed by atoms with Crippen LogP contribution in [0.1, 0.15) is 50.6 Å². The fourth-order valence-electron chi connectivity index (χ4n) is 3.69. The van der Waals surface area contributed by atoms with E-state index in [1.807, 2.05) is 13.1 Å². The summed E-state index contributed by atoms with van der Waals surface area (Å²) in [5.74, 6) is 1.39. The van der Waals surface area contributed by atoms with Crippen molar-refractivity contribution in [3.05, 3.63) is 29.6 Å². The van der Waals surface area contributed by atoms with E-state index in [1.165, 1.54) is 39.2 Å². The van der Waals surface area contributed by atoms with Crippen LogP contribution in [0.4, 0.5) is 4.39 Å². The SMILES string of the molecule is CCC1CCCCC1C(NC)c1ccc(OC)c(F)c1. The van der Waals surface area contributed by atoms with Crippen LogP contribution >= 0.6 is 0 Å². The molecule has 0 radical (unpaired) electrons. The Kier molecular flexibility index (Phi) is 5.41. The van der Waals surface area contributed by atoms with Crippen molar-refractivity contribution in [2.75, 3.05) is 14.2 Å². The molecule has 1 aliphatic rings. The van der Waals surface area contributed by atoms with Gasteiger partial charge in [0.1, 0.15) is 0 Å². The maximum Gasteiger partial charge on any atom is 0.165 e. The van der Waals surface area contributed by atoms with Crippen LogP contribution in [0.15, 0.2) is 18.2 Å². The zero-order chi connectivity index (χ0) is 14.5. The van der Waals surface area contributed by atoms with Crippen molar-refractivity contribution >= 4 is 0 Å². The molecule has 3 unspecified atom stereocenters. The molecule has 112 valence electrons. The molecule has 1 aromatic carbocycles. The zero-order valence-corrected chi connectivity index (χ0v) is 12.8. The topological polar surface area (TPSA) is 21.3 Å². The Morgan fingerprint density at radius 2 is 2.10 bits per heavy atom. The highest BCUT2D eigenvalue weighted by Gasteiger charge is 2.31. The summed E-state index contributed by atoms with van der Waals surface area (Å²) in [6.07, 6.45) is 6.37. The Morgan fingerprint density at radius 1 is 1.35 bits per heavy atom. The zero-order valence-electron chi connectivity index (χ0n) is 12.8. The van der Waals surface area contributed by atoms with E-state index in [4.69, 9.17) is 4.74 Å². The first-order valence-electron chi connectivity index (χ1n) is 7.72. The molecule has 0 aliphatic heterocycles. The van der Waals surface area contributed by atoms with Crippen molar-refractivity contribution in [2.24, 2.45) is 11.8 Å². The van der Waals surface area contributed by atoms with Crippen LogP contribution in [0.3, 0.4) is 0 Å². The van der Waals surface area contributed by atoms with Gasteiger partial charge in [0.15, 0.2) is 11.6 Å². The van der Waals surface area contributed by atoms with Crippen molar-refractivity contribution in [1.29, 1.82) is 0 Å². The molecule has 2 rings (SSSR count). The smallest absolute Gasteiger partial charge is 0.165 e. The summed E-state index contributed by atoms with van der Waals surface area (Å²) in [6, 6.07) is 5.59. The van der Waals surface area contributed by atoms with Gasteiger partial charge in [-0.15, -0.1) is 0 Å². The highest BCUT2D eigenvalue weighted by atomic mass is 19.1. The Balaban J connectivity index is 2.24. The highest BCUT2D eigenvalue weighted by Crippen LogP contribution is 2.40. The molecule has 3 heteroatoms. The van der Waals surface area contributed by atoms with Crippen molar-refractivity contribution in [3.63, 3.8) is 0 Å². The maximum absolute atomic E-state index is 13.9. The predicted octanol–water partition coefficient (Wildman–Crippen LogP) is 4.31. The quantitative estimate of drug-likeness (QED) is 0.867. The van der Waals surface area contributed by atoms with E-state index in [0.29, 0.717) is 11.7 Å². The van der Waals surface area contributed by atoms with Gasteiger partial charge in [0.2, 0.25) is 0 Å². The summed E-state index contributed by atoms with van der Waals surface area (Å²) in [4.78, 5) is 0. The maximum atomic E-state index is 13.9. The number of benzene rings is 1. The van der Waals surface area contributed by atoms with Crippen LogP contribution in [0.5, 0.6) is 5.75 Å². The van der Waals surface area contributed by atoms with Crippen molar-refractivity contribution < 1.29 is 9.13 Å². The third-order valence-corrected chi connectivity index (χ3v) is 4.77. The van der Waals surface area contributed by atoms with Gasteiger partial charge in [-0.3, -0.25) is 0 Å². The molecule has 1 aromatic rings. The second kappa shape index (κ2) is 7.07. The first kappa shape index (κ1) is 15.3. The normalized spacial score (nSPS) is 24.4. The van der Waals surface area contributed by atoms with E-state index in [-0.39, 0.29) is 11.9 Å². The van der Waals surface area contributed by atoms with Crippen molar-refractivity contribution in [2.45, 2.75) is 45.1 Å². The lowest BCUT2D eigenvalue weighted by molar-refractivity contribution is 0.180. The molecular formula is C17H26FNO. The Hall–Kier alpha value is -1.09. The van der Waals surface area contributed by atoms with E-state index in [9.17, 15) is 4.39 Å². The van der Waals surface area contributed by atoms with E-state index >= 15 is 0 Å². The molecule has 0 heterocycles. The van der Waals surface area contributed by atoms with Crippen molar-refractivity contribution in [1.82, 2.24) is 5.32 Å². The monoisotopic (exact) mass is 279 g/mol. The molecule has 0 aromatic heterocycles. The highest BCUT2D eigenvalue weighted by molar-refractivity contribution is 5.31. The van der Waals surface area contributed by atoms with Crippen LogP contribution < -0.4 is 10.1 Å². The summed E-state index contributed by atoms with van der Waals surface area (Å²) in [7, 11) is 3.48. The summed E-state index contributed by atoms with van der Waals surface area (Å²) in [6.45, 7) is 2.27. The summed E-state index contributed by atoms with van der Waals surface area (Å²) in [5.41, 5.74) is 1.04. The van der Waals surface area contributed by atoms with Gasteiger partial charge < -0.3 is 10.1 Å². The Morgan fingerprint density at radius 3 is 2.70 bits per heavy atom. The molecule has 2 nitrogen and oxygen atoms in total. The number of rotatable bonds is 5. The van der Waals surface area contributed by atoms with Crippen LogP contribution in [0, 0.1) is 17.7 Å². The lowest BCUT2D eigenvalue weighted by Crippen LogP contribution is -2.32. The third-order valence-electron chi connectivity index (χ3n) is 4.77. The first-order valence-corrected chi connectivity index (χ1v) is 7.72. The first-order chi connectivity index (χ1) is 9.71. The molecule has 1 saturated carbocycles. The molecule has 1 N–H and O–H groups in total. The van der Waals surface area contributed by atoms with Gasteiger partial charge >= 0.3 is 0 Å². The fraction of sp³-hybridized carbons (Fsp3) is 0.647. The molecule has 0 bridgehead atoms. The van der Waals surface area contributed by atoms with Gasteiger partial charge in [-0.05, 0) is 43.0 Å². The minimum atomic E-state index is -0.269. The Labute approximate surface area is 121 Å². The van der Waals surface area contributed by atoms with Crippen LogP contribution in [0.25, 0.3) is 0 Å². The van der Waals surface area contributed by atoms with Gasteiger partial charge in [0.25, 0.3) is 0 Å². The van der Waals surface area contributed by atoms with Crippen molar-refractivity contribution in [3.8, 4) is 5.75 Å². The molecule has 3 atom stereocenters. The van der Waals surface area contributed by atoms with E-state index in [2.05, 4.69) is 12.2 Å². The number of ether oxygens (including phenoxy) is 1. The fourth-order valence-corrected chi connectivity index (χ4v) is 3.69. The second-order valence-corrected chi connectivity index (χ2v) is 5.78. The molecule has 0 amide bonds. The van der Waals surface area contributed by atoms with Gasteiger partial charge in [-0.25, -0.2) is 4.39 Å². The minimum absolute atomic E-state index is 0.237. The molecule has 0 saturated heterocycles. The molecular weight excluding hydrogens is 253 g/mol. The molecule has 20 heavy (non-hydrogen) atoms. The standard InChI is InChI=1S/C17H26FNO/c1-4-12-7-5-6-8-14(12)17(19-2)13-9-10-16(20-3)15(18)11-13/h9-12,14,17,19H,4-8H2,1-3H3. The largest absolute Gasteiger partial charge is 0.494 e. The number of halogens is 1. The average Bonchev–Trinajstić information content (AvgIpc) is 2.49. The van der Waals surface area contributed by atoms with E-state index in [1.54, 1.807) is 12.1 Å². The van der Waals surface area contributed by atoms with Crippen LogP contribution in [-0.4, -0.2) is 14.2 Å². The van der Waals surface area contributed by atoms with Crippen LogP contribution in [0.2, 0.25) is 0 Å². The number of methoxy groups -OCH3 is 1. The van der Waals surface area contributed by atoms with Gasteiger partial charge in [0, 0.05) is 6.04 Å². The number of hydrogen-bond acceptors (Lipinski definition) is 2. The van der Waals surface area contributed by atoms with Crippen LogP contribution in [-0.2, 0) is 0 Å². The summed E-state index contributed by atoms with van der Waals surface area (Å²) < 4.78 is 18.9. The lowest BCUT2D eigenvalue weighted by atomic mass is 9.72. The van der Waals surface area contributed by atoms with Gasteiger partial charge in [0.05, 0.1) is 7.11 Å².